The van der Waals surface area contributed by atoms with Gasteiger partial charge in [0.25, 0.3) is 5.91 Å². The van der Waals surface area contributed by atoms with Gasteiger partial charge in [0.05, 0.1) is 12.0 Å². The molecule has 1 amide bonds. The Balaban J connectivity index is 2.17. The van der Waals surface area contributed by atoms with Gasteiger partial charge in [-0.2, -0.15) is 0 Å². The van der Waals surface area contributed by atoms with E-state index in [9.17, 15) is 9.59 Å². The van der Waals surface area contributed by atoms with Gasteiger partial charge in [0.2, 0.25) is 0 Å². The number of carboxylic acid groups (broad SMARTS) is 1. The molecule has 23 heavy (non-hydrogen) atoms. The number of rotatable bonds is 5. The van der Waals surface area contributed by atoms with Crippen molar-refractivity contribution < 1.29 is 19.4 Å². The number of carbonyl (C=O) groups is 2. The molecule has 1 heterocycles. The number of ether oxygens (including phenoxy) is 1. The van der Waals surface area contributed by atoms with Gasteiger partial charge in [-0.1, -0.05) is 25.4 Å². The maximum atomic E-state index is 12.5. The van der Waals surface area contributed by atoms with Crippen molar-refractivity contribution in [3.63, 3.8) is 0 Å². The summed E-state index contributed by atoms with van der Waals surface area (Å²) < 4.78 is 5.88. The summed E-state index contributed by atoms with van der Waals surface area (Å²) in [7, 11) is 0. The predicted octanol–water partition coefficient (Wildman–Crippen LogP) is 3.28. The van der Waals surface area contributed by atoms with Crippen molar-refractivity contribution in [3.8, 4) is 5.75 Å². The second kappa shape index (κ2) is 6.04. The highest BCUT2D eigenvalue weighted by atomic mass is 35.5. The van der Waals surface area contributed by atoms with E-state index in [2.05, 4.69) is 5.32 Å². The van der Waals surface area contributed by atoms with Crippen LogP contribution in [0, 0.1) is 5.41 Å². The quantitative estimate of drug-likeness (QED) is 0.863. The van der Waals surface area contributed by atoms with Crippen molar-refractivity contribution in [1.82, 2.24) is 5.32 Å². The van der Waals surface area contributed by atoms with Gasteiger partial charge in [0.15, 0.2) is 0 Å². The molecule has 6 heteroatoms. The van der Waals surface area contributed by atoms with Crippen LogP contribution in [0.5, 0.6) is 5.75 Å². The molecule has 0 unspecified atom stereocenters. The van der Waals surface area contributed by atoms with Crippen LogP contribution < -0.4 is 10.1 Å². The zero-order valence-electron chi connectivity index (χ0n) is 13.8. The van der Waals surface area contributed by atoms with Gasteiger partial charge in [0, 0.05) is 23.6 Å². The van der Waals surface area contributed by atoms with Gasteiger partial charge in [-0.3, -0.25) is 9.59 Å². The Labute approximate surface area is 141 Å². The molecule has 0 saturated carbocycles. The number of halogens is 1. The third-order valence-corrected chi connectivity index (χ3v) is 3.95. The monoisotopic (exact) mass is 339 g/mol. The van der Waals surface area contributed by atoms with Crippen LogP contribution in [0.1, 0.15) is 50.0 Å². The number of carbonyl (C=O) groups excluding carboxylic acids is 1. The molecule has 0 aliphatic carbocycles. The molecule has 1 aromatic carbocycles. The second-order valence-corrected chi connectivity index (χ2v) is 7.83. The maximum Gasteiger partial charge on any atom is 0.303 e. The number of amides is 1. The van der Waals surface area contributed by atoms with Gasteiger partial charge in [0.1, 0.15) is 11.4 Å². The number of aliphatic carboxylic acids is 1. The molecule has 2 rings (SSSR count). The molecule has 0 atom stereocenters. The van der Waals surface area contributed by atoms with Gasteiger partial charge in [-0.05, 0) is 31.4 Å². The number of fused-ring (bicyclic) bond motifs is 1. The Morgan fingerprint density at radius 3 is 2.65 bits per heavy atom. The third-order valence-electron chi connectivity index (χ3n) is 3.73. The molecule has 1 aromatic rings. The van der Waals surface area contributed by atoms with E-state index in [0.29, 0.717) is 22.8 Å². The molecule has 1 aliphatic rings. The largest absolute Gasteiger partial charge is 0.486 e. The minimum Gasteiger partial charge on any atom is -0.486 e. The summed E-state index contributed by atoms with van der Waals surface area (Å²) in [6.45, 7) is 7.76. The van der Waals surface area contributed by atoms with Gasteiger partial charge >= 0.3 is 5.97 Å². The van der Waals surface area contributed by atoms with Crippen molar-refractivity contribution in [2.45, 2.75) is 46.1 Å². The molecule has 5 nitrogen and oxygen atoms in total. The SMILES string of the molecule is CC(C)(CNC(=O)c1cc(Cl)cc2c1OC(C)(C)C2)CC(=O)O. The van der Waals surface area contributed by atoms with Crippen molar-refractivity contribution in [2.24, 2.45) is 5.41 Å². The first kappa shape index (κ1) is 17.6. The summed E-state index contributed by atoms with van der Waals surface area (Å²) in [5.41, 5.74) is 0.398. The van der Waals surface area contributed by atoms with Crippen molar-refractivity contribution in [2.75, 3.05) is 6.54 Å². The minimum absolute atomic E-state index is 0.0233. The molecule has 0 bridgehead atoms. The molecule has 126 valence electrons. The average molecular weight is 340 g/mol. The third kappa shape index (κ3) is 4.38. The Kier molecular flexibility index (Phi) is 4.62. The second-order valence-electron chi connectivity index (χ2n) is 7.40. The van der Waals surface area contributed by atoms with Crippen LogP contribution in [0.2, 0.25) is 5.02 Å². The van der Waals surface area contributed by atoms with Crippen molar-refractivity contribution in [3.05, 3.63) is 28.3 Å². The van der Waals surface area contributed by atoms with Crippen LogP contribution >= 0.6 is 11.6 Å². The highest BCUT2D eigenvalue weighted by molar-refractivity contribution is 6.31. The summed E-state index contributed by atoms with van der Waals surface area (Å²) >= 11 is 6.11. The average Bonchev–Trinajstić information content (AvgIpc) is 2.67. The molecule has 0 radical (unpaired) electrons. The van der Waals surface area contributed by atoms with Crippen LogP contribution in [0.15, 0.2) is 12.1 Å². The van der Waals surface area contributed by atoms with Crippen molar-refractivity contribution >= 4 is 23.5 Å². The lowest BCUT2D eigenvalue weighted by Gasteiger charge is -2.23. The van der Waals surface area contributed by atoms with Gasteiger partial charge in [-0.25, -0.2) is 0 Å². The molecule has 0 saturated heterocycles. The Hall–Kier alpha value is -1.75. The van der Waals surface area contributed by atoms with Gasteiger partial charge in [-0.15, -0.1) is 0 Å². The fourth-order valence-electron chi connectivity index (χ4n) is 2.73. The van der Waals surface area contributed by atoms with Crippen LogP contribution in [-0.4, -0.2) is 29.1 Å². The summed E-state index contributed by atoms with van der Waals surface area (Å²) in [5, 5.41) is 12.2. The number of nitrogens with one attached hydrogen (secondary N) is 1. The van der Waals surface area contributed by atoms with E-state index < -0.39 is 11.4 Å². The zero-order chi connectivity index (χ0) is 17.4. The topological polar surface area (TPSA) is 75.6 Å². The van der Waals surface area contributed by atoms with Crippen molar-refractivity contribution in [1.29, 1.82) is 0 Å². The van der Waals surface area contributed by atoms with E-state index >= 15 is 0 Å². The van der Waals surface area contributed by atoms with Crippen LogP contribution in [0.25, 0.3) is 0 Å². The Bertz CT molecular complexity index is 652. The smallest absolute Gasteiger partial charge is 0.303 e. The highest BCUT2D eigenvalue weighted by Crippen LogP contribution is 2.39. The molecular formula is C17H22ClNO4. The summed E-state index contributed by atoms with van der Waals surface area (Å²) in [6.07, 6.45) is 0.665. The first-order chi connectivity index (χ1) is 10.5. The van der Waals surface area contributed by atoms with E-state index in [4.69, 9.17) is 21.4 Å². The van der Waals surface area contributed by atoms with E-state index in [1.807, 2.05) is 19.9 Å². The molecule has 1 aliphatic heterocycles. The first-order valence-corrected chi connectivity index (χ1v) is 7.88. The normalized spacial score (nSPS) is 15.7. The lowest BCUT2D eigenvalue weighted by Crippen LogP contribution is -2.35. The standard InChI is InChI=1S/C17H22ClNO4/c1-16(2,8-13(20)21)9-19-15(22)12-6-11(18)5-10-7-17(3,4)23-14(10)12/h5-6H,7-9H2,1-4H3,(H,19,22)(H,20,21). The summed E-state index contributed by atoms with van der Waals surface area (Å²) in [6, 6.07) is 3.40. The Morgan fingerprint density at radius 2 is 2.04 bits per heavy atom. The maximum absolute atomic E-state index is 12.5. The molecular weight excluding hydrogens is 318 g/mol. The Morgan fingerprint density at radius 1 is 1.39 bits per heavy atom. The van der Waals surface area contributed by atoms with E-state index in [-0.39, 0.29) is 24.5 Å². The van der Waals surface area contributed by atoms with E-state index in [1.165, 1.54) is 0 Å². The first-order valence-electron chi connectivity index (χ1n) is 7.51. The molecule has 0 aromatic heterocycles. The number of hydrogen-bond acceptors (Lipinski definition) is 3. The van der Waals surface area contributed by atoms with Crippen LogP contribution in [0.3, 0.4) is 0 Å². The summed E-state index contributed by atoms with van der Waals surface area (Å²) in [4.78, 5) is 23.4. The minimum atomic E-state index is -0.891. The fraction of sp³-hybridized carbons (Fsp3) is 0.529. The predicted molar refractivity (Wildman–Crippen MR) is 88.2 cm³/mol. The molecule has 0 spiro atoms. The van der Waals surface area contributed by atoms with Gasteiger partial charge < -0.3 is 15.2 Å². The van der Waals surface area contributed by atoms with Crippen LogP contribution in [-0.2, 0) is 11.2 Å². The number of benzene rings is 1. The molecule has 2 N–H and O–H groups in total. The lowest BCUT2D eigenvalue weighted by molar-refractivity contribution is -0.139. The highest BCUT2D eigenvalue weighted by Gasteiger charge is 2.34. The summed E-state index contributed by atoms with van der Waals surface area (Å²) in [5.74, 6) is -0.633. The van der Waals surface area contributed by atoms with E-state index in [1.54, 1.807) is 19.9 Å². The van der Waals surface area contributed by atoms with Crippen LogP contribution in [0.4, 0.5) is 0 Å². The van der Waals surface area contributed by atoms with E-state index in [0.717, 1.165) is 5.56 Å². The lowest BCUT2D eigenvalue weighted by atomic mass is 9.89. The molecule has 0 fully saturated rings. The zero-order valence-corrected chi connectivity index (χ0v) is 14.6. The fourth-order valence-corrected chi connectivity index (χ4v) is 2.97. The number of hydrogen-bond donors (Lipinski definition) is 2. The number of carboxylic acids is 1.